The van der Waals surface area contributed by atoms with Crippen LogP contribution in [-0.2, 0) is 19.5 Å². The van der Waals surface area contributed by atoms with Crippen molar-refractivity contribution in [3.63, 3.8) is 0 Å². The van der Waals surface area contributed by atoms with E-state index in [4.69, 9.17) is 14.5 Å². The standard InChI is InChI=1S/C24H25N3O4S2/c1-16(20-15-32-22-6-4-3-5-19(20)22)25-23-10-7-17-13-18(8-9-21(17)26-23)33(28,29)27-11-12-31-24(14-27)30-2/h3-10,13,15-16,24H,11-12,14H2,1-2H3,(H,25,26)/t16-,24?/m1/s1. The fourth-order valence-corrected chi connectivity index (χ4v) is 6.59. The Kier molecular flexibility index (Phi) is 6.07. The van der Waals surface area contributed by atoms with Gasteiger partial charge in [0.15, 0.2) is 6.29 Å². The molecule has 0 aliphatic carbocycles. The van der Waals surface area contributed by atoms with Gasteiger partial charge in [0.2, 0.25) is 10.0 Å². The lowest BCUT2D eigenvalue weighted by molar-refractivity contribution is -0.151. The summed E-state index contributed by atoms with van der Waals surface area (Å²) in [6.07, 6.45) is -0.549. The molecule has 1 aliphatic heterocycles. The highest BCUT2D eigenvalue weighted by Gasteiger charge is 2.31. The zero-order valence-corrected chi connectivity index (χ0v) is 20.0. The van der Waals surface area contributed by atoms with Gasteiger partial charge >= 0.3 is 0 Å². The fourth-order valence-electron chi connectivity index (χ4n) is 4.08. The molecule has 2 aromatic carbocycles. The topological polar surface area (TPSA) is 80.8 Å². The number of nitrogens with one attached hydrogen (secondary N) is 1. The summed E-state index contributed by atoms with van der Waals surface area (Å²) in [6.45, 7) is 2.90. The number of pyridine rings is 1. The van der Waals surface area contributed by atoms with Gasteiger partial charge in [0.05, 0.1) is 29.6 Å². The van der Waals surface area contributed by atoms with Crippen molar-refractivity contribution in [2.75, 3.05) is 32.1 Å². The van der Waals surface area contributed by atoms with Crippen molar-refractivity contribution in [2.45, 2.75) is 24.2 Å². The van der Waals surface area contributed by atoms with Gasteiger partial charge in [0.25, 0.3) is 0 Å². The highest BCUT2D eigenvalue weighted by molar-refractivity contribution is 7.89. The van der Waals surface area contributed by atoms with Crippen LogP contribution in [0.25, 0.3) is 21.0 Å². The molecule has 0 radical (unpaired) electrons. The number of morpholine rings is 1. The predicted molar refractivity (Wildman–Crippen MR) is 131 cm³/mol. The number of methoxy groups -OCH3 is 1. The third-order valence-electron chi connectivity index (χ3n) is 5.90. The van der Waals surface area contributed by atoms with Gasteiger partial charge < -0.3 is 14.8 Å². The summed E-state index contributed by atoms with van der Waals surface area (Å²) in [5, 5.41) is 7.68. The zero-order chi connectivity index (χ0) is 23.0. The Bertz CT molecular complexity index is 1400. The minimum atomic E-state index is -3.64. The van der Waals surface area contributed by atoms with Gasteiger partial charge in [-0.15, -0.1) is 11.3 Å². The van der Waals surface area contributed by atoms with Gasteiger partial charge in [0, 0.05) is 23.7 Å². The average molecular weight is 484 g/mol. The second-order valence-corrected chi connectivity index (χ2v) is 10.9. The number of benzene rings is 2. The van der Waals surface area contributed by atoms with E-state index in [1.807, 2.05) is 12.1 Å². The molecule has 7 nitrogen and oxygen atoms in total. The molecule has 5 rings (SSSR count). The molecule has 3 heterocycles. The Balaban J connectivity index is 1.38. The lowest BCUT2D eigenvalue weighted by Crippen LogP contribution is -2.46. The normalized spacial score (nSPS) is 18.5. The lowest BCUT2D eigenvalue weighted by atomic mass is 10.1. The highest BCUT2D eigenvalue weighted by Crippen LogP contribution is 2.32. The van der Waals surface area contributed by atoms with Crippen LogP contribution >= 0.6 is 11.3 Å². The quantitative estimate of drug-likeness (QED) is 0.431. The summed E-state index contributed by atoms with van der Waals surface area (Å²) in [5.74, 6) is 0.747. The van der Waals surface area contributed by atoms with Crippen LogP contribution in [0.15, 0.2) is 64.9 Å². The molecule has 1 unspecified atom stereocenters. The van der Waals surface area contributed by atoms with Crippen LogP contribution in [0.5, 0.6) is 0 Å². The van der Waals surface area contributed by atoms with Gasteiger partial charge in [-0.25, -0.2) is 13.4 Å². The number of anilines is 1. The summed E-state index contributed by atoms with van der Waals surface area (Å²) in [4.78, 5) is 4.95. The first-order valence-electron chi connectivity index (χ1n) is 10.7. The molecule has 172 valence electrons. The van der Waals surface area contributed by atoms with Crippen LogP contribution in [0.3, 0.4) is 0 Å². The van der Waals surface area contributed by atoms with Crippen LogP contribution in [0.1, 0.15) is 18.5 Å². The Labute approximate surface area is 197 Å². The summed E-state index contributed by atoms with van der Waals surface area (Å²) >= 11 is 1.74. The van der Waals surface area contributed by atoms with Crippen molar-refractivity contribution in [3.8, 4) is 0 Å². The summed E-state index contributed by atoms with van der Waals surface area (Å²) in [7, 11) is -2.14. The first kappa shape index (κ1) is 22.2. The monoisotopic (exact) mass is 483 g/mol. The van der Waals surface area contributed by atoms with E-state index in [2.05, 4.69) is 41.9 Å². The molecule has 2 atom stereocenters. The number of nitrogens with zero attached hydrogens (tertiary/aromatic N) is 2. The summed E-state index contributed by atoms with van der Waals surface area (Å²) < 4.78 is 39.5. The van der Waals surface area contributed by atoms with Crippen molar-refractivity contribution in [3.05, 3.63) is 65.5 Å². The molecule has 0 amide bonds. The van der Waals surface area contributed by atoms with Crippen molar-refractivity contribution >= 4 is 48.2 Å². The minimum absolute atomic E-state index is 0.0841. The van der Waals surface area contributed by atoms with Crippen molar-refractivity contribution in [1.82, 2.24) is 9.29 Å². The summed E-state index contributed by atoms with van der Waals surface area (Å²) in [5.41, 5.74) is 1.97. The van der Waals surface area contributed by atoms with E-state index >= 15 is 0 Å². The molecule has 0 bridgehead atoms. The average Bonchev–Trinajstić information content (AvgIpc) is 3.28. The van der Waals surface area contributed by atoms with Crippen LogP contribution in [0.2, 0.25) is 0 Å². The molecule has 2 aromatic heterocycles. The molecular formula is C24H25N3O4S2. The third kappa shape index (κ3) is 4.34. The van der Waals surface area contributed by atoms with Crippen molar-refractivity contribution in [2.24, 2.45) is 0 Å². The number of aromatic nitrogens is 1. The molecule has 1 saturated heterocycles. The van der Waals surface area contributed by atoms with Gasteiger partial charge in [-0.05, 0) is 59.7 Å². The molecule has 9 heteroatoms. The Hall–Kier alpha value is -2.56. The van der Waals surface area contributed by atoms with E-state index < -0.39 is 16.3 Å². The Morgan fingerprint density at radius 3 is 2.91 bits per heavy atom. The maximum Gasteiger partial charge on any atom is 0.243 e. The molecule has 1 aliphatic rings. The maximum absolute atomic E-state index is 13.1. The summed E-state index contributed by atoms with van der Waals surface area (Å²) in [6, 6.07) is 17.3. The number of sulfonamides is 1. The van der Waals surface area contributed by atoms with E-state index in [0.29, 0.717) is 13.2 Å². The minimum Gasteiger partial charge on any atom is -0.363 e. The van der Waals surface area contributed by atoms with Crippen molar-refractivity contribution < 1.29 is 17.9 Å². The Morgan fingerprint density at radius 1 is 1.21 bits per heavy atom. The number of rotatable bonds is 6. The van der Waals surface area contributed by atoms with Gasteiger partial charge in [-0.3, -0.25) is 0 Å². The molecule has 0 spiro atoms. The van der Waals surface area contributed by atoms with Crippen LogP contribution < -0.4 is 5.32 Å². The number of fused-ring (bicyclic) bond motifs is 2. The molecule has 1 fully saturated rings. The van der Waals surface area contributed by atoms with Crippen LogP contribution in [0, 0.1) is 0 Å². The Morgan fingerprint density at radius 2 is 2.06 bits per heavy atom. The third-order valence-corrected chi connectivity index (χ3v) is 8.74. The van der Waals surface area contributed by atoms with E-state index in [9.17, 15) is 8.42 Å². The van der Waals surface area contributed by atoms with Gasteiger partial charge in [-0.1, -0.05) is 18.2 Å². The second-order valence-electron chi connectivity index (χ2n) is 8.00. The molecule has 4 aromatic rings. The first-order valence-corrected chi connectivity index (χ1v) is 13.1. The molecule has 1 N–H and O–H groups in total. The molecular weight excluding hydrogens is 458 g/mol. The smallest absolute Gasteiger partial charge is 0.243 e. The van der Waals surface area contributed by atoms with Gasteiger partial charge in [0.1, 0.15) is 5.82 Å². The lowest BCUT2D eigenvalue weighted by Gasteiger charge is -2.31. The highest BCUT2D eigenvalue weighted by atomic mass is 32.2. The second kappa shape index (κ2) is 9.00. The SMILES string of the molecule is COC1CN(S(=O)(=O)c2ccc3nc(N[C@H](C)c4csc5ccccc45)ccc3c2)CCO1. The van der Waals surface area contributed by atoms with Crippen LogP contribution in [0.4, 0.5) is 5.82 Å². The largest absolute Gasteiger partial charge is 0.363 e. The van der Waals surface area contributed by atoms with Crippen molar-refractivity contribution in [1.29, 1.82) is 0 Å². The zero-order valence-electron chi connectivity index (χ0n) is 18.4. The number of ether oxygens (including phenoxy) is 2. The number of hydrogen-bond donors (Lipinski definition) is 1. The van der Waals surface area contributed by atoms with E-state index in [1.54, 1.807) is 29.5 Å². The number of thiophene rings is 1. The predicted octanol–water partition coefficient (Wildman–Crippen LogP) is 4.62. The van der Waals surface area contributed by atoms with E-state index in [-0.39, 0.29) is 17.5 Å². The maximum atomic E-state index is 13.1. The number of hydrogen-bond acceptors (Lipinski definition) is 7. The van der Waals surface area contributed by atoms with E-state index in [1.165, 1.54) is 27.1 Å². The first-order chi connectivity index (χ1) is 16.0. The van der Waals surface area contributed by atoms with Crippen LogP contribution in [-0.4, -0.2) is 50.8 Å². The molecule has 33 heavy (non-hydrogen) atoms. The fraction of sp³-hybridized carbons (Fsp3) is 0.292. The molecule has 0 saturated carbocycles. The van der Waals surface area contributed by atoms with E-state index in [0.717, 1.165) is 16.7 Å². The van der Waals surface area contributed by atoms with Gasteiger partial charge in [-0.2, -0.15) is 4.31 Å².